The van der Waals surface area contributed by atoms with Gasteiger partial charge >= 0.3 is 0 Å². The maximum atomic E-state index is 6.30. The molecule has 0 unspecified atom stereocenters. The van der Waals surface area contributed by atoms with E-state index < -0.39 is 0 Å². The third-order valence-corrected chi connectivity index (χ3v) is 3.93. The van der Waals surface area contributed by atoms with Crippen molar-refractivity contribution in [1.29, 1.82) is 0 Å². The van der Waals surface area contributed by atoms with Crippen LogP contribution in [0.5, 0.6) is 0 Å². The van der Waals surface area contributed by atoms with Gasteiger partial charge in [0.15, 0.2) is 5.82 Å². The zero-order valence-electron chi connectivity index (χ0n) is 11.8. The Labute approximate surface area is 131 Å². The molecule has 0 radical (unpaired) electrons. The van der Waals surface area contributed by atoms with Gasteiger partial charge in [0, 0.05) is 6.20 Å². The lowest BCUT2D eigenvalue weighted by molar-refractivity contribution is 1.17. The van der Waals surface area contributed by atoms with Gasteiger partial charge in [0.2, 0.25) is 0 Å². The van der Waals surface area contributed by atoms with Crippen molar-refractivity contribution < 1.29 is 0 Å². The average molecular weight is 310 g/mol. The molecule has 4 rings (SSSR count). The Hall–Kier alpha value is -2.66. The highest BCUT2D eigenvalue weighted by molar-refractivity contribution is 6.33. The number of nitrogens with one attached hydrogen (secondary N) is 1. The van der Waals surface area contributed by atoms with E-state index in [1.807, 2.05) is 35.6 Å². The quantitative estimate of drug-likeness (QED) is 0.608. The zero-order chi connectivity index (χ0) is 15.1. The van der Waals surface area contributed by atoms with Crippen LogP contribution in [0.25, 0.3) is 16.6 Å². The van der Waals surface area contributed by atoms with Gasteiger partial charge in [0.05, 0.1) is 34.9 Å². The first-order chi connectivity index (χ1) is 10.7. The number of aromatic nitrogens is 4. The predicted molar refractivity (Wildman–Crippen MR) is 87.8 cm³/mol. The molecule has 0 saturated heterocycles. The number of aryl methyl sites for hydroxylation is 1. The summed E-state index contributed by atoms with van der Waals surface area (Å²) in [5.74, 6) is 0.703. The first-order valence-electron chi connectivity index (χ1n) is 6.82. The Morgan fingerprint density at radius 3 is 2.86 bits per heavy atom. The second-order valence-corrected chi connectivity index (χ2v) is 5.44. The van der Waals surface area contributed by atoms with Gasteiger partial charge in [-0.1, -0.05) is 23.7 Å². The summed E-state index contributed by atoms with van der Waals surface area (Å²) in [5.41, 5.74) is 4.54. The van der Waals surface area contributed by atoms with Crippen LogP contribution in [0, 0.1) is 6.92 Å². The minimum atomic E-state index is 0.658. The zero-order valence-corrected chi connectivity index (χ0v) is 12.5. The van der Waals surface area contributed by atoms with Crippen molar-refractivity contribution in [3.05, 3.63) is 59.8 Å². The molecule has 0 aliphatic heterocycles. The summed E-state index contributed by atoms with van der Waals surface area (Å²) >= 11 is 6.30. The first-order valence-corrected chi connectivity index (χ1v) is 7.20. The molecule has 4 aromatic rings. The van der Waals surface area contributed by atoms with Crippen LogP contribution in [0.3, 0.4) is 0 Å². The molecule has 0 spiro atoms. The molecule has 0 saturated carbocycles. The summed E-state index contributed by atoms with van der Waals surface area (Å²) in [4.78, 5) is 13.0. The normalized spacial score (nSPS) is 11.2. The lowest BCUT2D eigenvalue weighted by Crippen LogP contribution is -2.01. The van der Waals surface area contributed by atoms with Crippen molar-refractivity contribution in [3.63, 3.8) is 0 Å². The van der Waals surface area contributed by atoms with Gasteiger partial charge in [-0.15, -0.1) is 0 Å². The standard InChI is InChI=1S/C16H12ClN5/c1-10-3-2-4-11(17)15(10)21-16-14-8-19-9-22(14)13-5-6-18-7-12(13)20-16/h2-9H,1H3,(H,20,21). The highest BCUT2D eigenvalue weighted by Gasteiger charge is 2.11. The molecule has 1 aromatic carbocycles. The minimum Gasteiger partial charge on any atom is -0.337 e. The molecule has 22 heavy (non-hydrogen) atoms. The van der Waals surface area contributed by atoms with Crippen LogP contribution in [-0.2, 0) is 0 Å². The second-order valence-electron chi connectivity index (χ2n) is 5.03. The van der Waals surface area contributed by atoms with Gasteiger partial charge in [-0.2, -0.15) is 0 Å². The Kier molecular flexibility index (Phi) is 2.94. The molecule has 0 aliphatic carbocycles. The van der Waals surface area contributed by atoms with E-state index in [0.717, 1.165) is 27.8 Å². The molecule has 6 heteroatoms. The van der Waals surface area contributed by atoms with Gasteiger partial charge in [-0.05, 0) is 24.6 Å². The number of halogens is 1. The third kappa shape index (κ3) is 1.98. The molecule has 0 atom stereocenters. The van der Waals surface area contributed by atoms with Crippen molar-refractivity contribution in [2.24, 2.45) is 0 Å². The maximum absolute atomic E-state index is 6.30. The SMILES string of the molecule is Cc1cccc(Cl)c1Nc1nc2cnccc2n2cncc12. The van der Waals surface area contributed by atoms with Crippen molar-refractivity contribution in [2.45, 2.75) is 6.92 Å². The summed E-state index contributed by atoms with van der Waals surface area (Å²) in [5, 5.41) is 3.99. The van der Waals surface area contributed by atoms with Crippen molar-refractivity contribution in [3.8, 4) is 0 Å². The van der Waals surface area contributed by atoms with Gasteiger partial charge < -0.3 is 5.32 Å². The van der Waals surface area contributed by atoms with Crippen LogP contribution in [-0.4, -0.2) is 19.4 Å². The Balaban J connectivity index is 1.96. The number of pyridine rings is 1. The van der Waals surface area contributed by atoms with Crippen LogP contribution in [0.15, 0.2) is 49.2 Å². The van der Waals surface area contributed by atoms with Crippen molar-refractivity contribution in [1.82, 2.24) is 19.4 Å². The van der Waals surface area contributed by atoms with Crippen molar-refractivity contribution >= 4 is 39.7 Å². The number of benzene rings is 1. The number of hydrogen-bond acceptors (Lipinski definition) is 4. The number of fused-ring (bicyclic) bond motifs is 3. The molecule has 0 aliphatic rings. The molecule has 5 nitrogen and oxygen atoms in total. The molecule has 3 aromatic heterocycles. The number of anilines is 2. The Bertz CT molecular complexity index is 972. The smallest absolute Gasteiger partial charge is 0.157 e. The highest BCUT2D eigenvalue weighted by Crippen LogP contribution is 2.30. The molecule has 1 N–H and O–H groups in total. The average Bonchev–Trinajstić information content (AvgIpc) is 3.01. The number of hydrogen-bond donors (Lipinski definition) is 1. The fourth-order valence-corrected chi connectivity index (χ4v) is 2.78. The van der Waals surface area contributed by atoms with E-state index in [1.54, 1.807) is 24.9 Å². The summed E-state index contributed by atoms with van der Waals surface area (Å²) in [6.07, 6.45) is 7.03. The van der Waals surface area contributed by atoms with E-state index in [1.165, 1.54) is 0 Å². The van der Waals surface area contributed by atoms with E-state index in [9.17, 15) is 0 Å². The number of nitrogens with zero attached hydrogens (tertiary/aromatic N) is 4. The second kappa shape index (κ2) is 4.96. The van der Waals surface area contributed by atoms with E-state index in [-0.39, 0.29) is 0 Å². The van der Waals surface area contributed by atoms with Crippen LogP contribution < -0.4 is 5.32 Å². The van der Waals surface area contributed by atoms with E-state index in [4.69, 9.17) is 11.6 Å². The predicted octanol–water partition coefficient (Wildman–Crippen LogP) is 3.98. The number of imidazole rings is 1. The van der Waals surface area contributed by atoms with E-state index in [2.05, 4.69) is 20.3 Å². The van der Waals surface area contributed by atoms with Crippen LogP contribution in [0.2, 0.25) is 5.02 Å². The molecule has 108 valence electrons. The lowest BCUT2D eigenvalue weighted by atomic mass is 10.2. The fraction of sp³-hybridized carbons (Fsp3) is 0.0625. The van der Waals surface area contributed by atoms with Crippen LogP contribution >= 0.6 is 11.6 Å². The number of rotatable bonds is 2. The summed E-state index contributed by atoms with van der Waals surface area (Å²) < 4.78 is 1.98. The summed E-state index contributed by atoms with van der Waals surface area (Å²) in [7, 11) is 0. The van der Waals surface area contributed by atoms with E-state index in [0.29, 0.717) is 10.8 Å². The molecule has 0 amide bonds. The largest absolute Gasteiger partial charge is 0.337 e. The van der Waals surface area contributed by atoms with Gasteiger partial charge in [-0.3, -0.25) is 9.38 Å². The third-order valence-electron chi connectivity index (χ3n) is 3.62. The Morgan fingerprint density at radius 2 is 2.00 bits per heavy atom. The number of para-hydroxylation sites is 1. The monoisotopic (exact) mass is 309 g/mol. The van der Waals surface area contributed by atoms with Gasteiger partial charge in [0.1, 0.15) is 11.0 Å². The van der Waals surface area contributed by atoms with Gasteiger partial charge in [0.25, 0.3) is 0 Å². The molecular formula is C16H12ClN5. The fourth-order valence-electron chi connectivity index (χ4n) is 2.51. The minimum absolute atomic E-state index is 0.658. The summed E-state index contributed by atoms with van der Waals surface area (Å²) in [6, 6.07) is 7.70. The topological polar surface area (TPSA) is 55.1 Å². The van der Waals surface area contributed by atoms with Crippen molar-refractivity contribution in [2.75, 3.05) is 5.32 Å². The summed E-state index contributed by atoms with van der Waals surface area (Å²) in [6.45, 7) is 2.00. The van der Waals surface area contributed by atoms with Crippen LogP contribution in [0.1, 0.15) is 5.56 Å². The lowest BCUT2D eigenvalue weighted by Gasteiger charge is -2.13. The van der Waals surface area contributed by atoms with Crippen LogP contribution in [0.4, 0.5) is 11.5 Å². The molecule has 0 bridgehead atoms. The Morgan fingerprint density at radius 1 is 1.09 bits per heavy atom. The molecule has 0 fully saturated rings. The molecule has 3 heterocycles. The first kappa shape index (κ1) is 13.0. The molecular weight excluding hydrogens is 298 g/mol. The highest BCUT2D eigenvalue weighted by atomic mass is 35.5. The maximum Gasteiger partial charge on any atom is 0.157 e. The van der Waals surface area contributed by atoms with Gasteiger partial charge in [-0.25, -0.2) is 9.97 Å². The van der Waals surface area contributed by atoms with E-state index >= 15 is 0 Å².